The highest BCUT2D eigenvalue weighted by molar-refractivity contribution is 5.97. The molecule has 1 aromatic heterocycles. The minimum absolute atomic E-state index is 0.367. The van der Waals surface area contributed by atoms with Crippen LogP contribution in [0.25, 0.3) is 0 Å². The average Bonchev–Trinajstić information content (AvgIpc) is 2.70. The number of hydrogen-bond acceptors (Lipinski definition) is 1. The molecule has 14 heavy (non-hydrogen) atoms. The minimum Gasteiger partial charge on any atom is -0.342 e. The lowest BCUT2D eigenvalue weighted by atomic mass is 9.87. The topological polar surface area (TPSA) is 22.0 Å². The normalized spacial score (nSPS) is 24.9. The Labute approximate surface area is 83.9 Å². The standard InChI is InChI=1S/C12H15NO/c1-8-4-5-11(14)12-10(8)7-9-3-2-6-13(9)12/h7-8H,2-6H2,1H3. The van der Waals surface area contributed by atoms with Gasteiger partial charge >= 0.3 is 0 Å². The summed E-state index contributed by atoms with van der Waals surface area (Å²) in [5.74, 6) is 0.951. The predicted molar refractivity (Wildman–Crippen MR) is 54.7 cm³/mol. The minimum atomic E-state index is 0.367. The fourth-order valence-electron chi connectivity index (χ4n) is 2.81. The van der Waals surface area contributed by atoms with Crippen molar-refractivity contribution >= 4 is 5.78 Å². The molecule has 0 fully saturated rings. The molecule has 0 saturated carbocycles. The van der Waals surface area contributed by atoms with Gasteiger partial charge in [0.25, 0.3) is 0 Å². The van der Waals surface area contributed by atoms with Crippen molar-refractivity contribution in [2.75, 3.05) is 0 Å². The molecule has 1 aliphatic carbocycles. The summed E-state index contributed by atoms with van der Waals surface area (Å²) >= 11 is 0. The summed E-state index contributed by atoms with van der Waals surface area (Å²) in [4.78, 5) is 11.8. The summed E-state index contributed by atoms with van der Waals surface area (Å²) in [6, 6.07) is 2.27. The molecule has 2 heterocycles. The first-order chi connectivity index (χ1) is 6.77. The average molecular weight is 189 g/mol. The molecule has 1 atom stereocenters. The zero-order valence-corrected chi connectivity index (χ0v) is 8.55. The van der Waals surface area contributed by atoms with Crippen molar-refractivity contribution < 1.29 is 4.79 Å². The van der Waals surface area contributed by atoms with Crippen LogP contribution in [0.1, 0.15) is 53.8 Å². The van der Waals surface area contributed by atoms with Gasteiger partial charge in [0.1, 0.15) is 0 Å². The Morgan fingerprint density at radius 2 is 2.29 bits per heavy atom. The van der Waals surface area contributed by atoms with Crippen molar-refractivity contribution in [1.29, 1.82) is 0 Å². The van der Waals surface area contributed by atoms with Crippen LogP contribution >= 0.6 is 0 Å². The Balaban J connectivity index is 2.21. The van der Waals surface area contributed by atoms with Crippen LogP contribution in [0.5, 0.6) is 0 Å². The van der Waals surface area contributed by atoms with Gasteiger partial charge in [0, 0.05) is 18.7 Å². The first kappa shape index (κ1) is 8.27. The van der Waals surface area contributed by atoms with Crippen LogP contribution < -0.4 is 0 Å². The lowest BCUT2D eigenvalue weighted by Gasteiger charge is -2.19. The second-order valence-corrected chi connectivity index (χ2v) is 4.56. The lowest BCUT2D eigenvalue weighted by molar-refractivity contribution is 0.0958. The molecule has 2 nitrogen and oxygen atoms in total. The molecule has 0 spiro atoms. The molecule has 0 saturated heterocycles. The fourth-order valence-corrected chi connectivity index (χ4v) is 2.81. The summed E-state index contributed by atoms with van der Waals surface area (Å²) in [5.41, 5.74) is 3.74. The predicted octanol–water partition coefficient (Wildman–Crippen LogP) is 2.51. The third kappa shape index (κ3) is 0.941. The van der Waals surface area contributed by atoms with E-state index in [9.17, 15) is 4.79 Å². The number of fused-ring (bicyclic) bond motifs is 3. The molecule has 2 heteroatoms. The van der Waals surface area contributed by atoms with Crippen molar-refractivity contribution in [3.63, 3.8) is 0 Å². The van der Waals surface area contributed by atoms with E-state index in [0.717, 1.165) is 31.5 Å². The van der Waals surface area contributed by atoms with Crippen LogP contribution in [0.2, 0.25) is 0 Å². The van der Waals surface area contributed by atoms with Gasteiger partial charge in [-0.3, -0.25) is 4.79 Å². The summed E-state index contributed by atoms with van der Waals surface area (Å²) in [7, 11) is 0. The van der Waals surface area contributed by atoms with Gasteiger partial charge < -0.3 is 4.57 Å². The van der Waals surface area contributed by atoms with Crippen LogP contribution in [-0.4, -0.2) is 10.4 Å². The van der Waals surface area contributed by atoms with Gasteiger partial charge in [0.15, 0.2) is 5.78 Å². The highest BCUT2D eigenvalue weighted by atomic mass is 16.1. The number of aryl methyl sites for hydroxylation is 1. The zero-order chi connectivity index (χ0) is 9.71. The number of carbonyl (C=O) groups excluding carboxylic acids is 1. The number of rotatable bonds is 0. The van der Waals surface area contributed by atoms with Crippen molar-refractivity contribution in [2.24, 2.45) is 0 Å². The molecular formula is C12H15NO. The van der Waals surface area contributed by atoms with Crippen molar-refractivity contribution in [2.45, 2.75) is 45.1 Å². The SMILES string of the molecule is CC1CCC(=O)c2c1cc1n2CCC1. The quantitative estimate of drug-likeness (QED) is 0.614. The molecule has 1 aliphatic heterocycles. The van der Waals surface area contributed by atoms with Crippen LogP contribution in [0.3, 0.4) is 0 Å². The summed E-state index contributed by atoms with van der Waals surface area (Å²) in [5, 5.41) is 0. The van der Waals surface area contributed by atoms with Gasteiger partial charge in [-0.15, -0.1) is 0 Å². The van der Waals surface area contributed by atoms with E-state index in [1.807, 2.05) is 0 Å². The van der Waals surface area contributed by atoms with Gasteiger partial charge in [-0.05, 0) is 36.8 Å². The summed E-state index contributed by atoms with van der Waals surface area (Å²) in [6.07, 6.45) is 4.16. The van der Waals surface area contributed by atoms with E-state index in [-0.39, 0.29) is 0 Å². The molecule has 1 unspecified atom stereocenters. The second-order valence-electron chi connectivity index (χ2n) is 4.56. The van der Waals surface area contributed by atoms with Crippen LogP contribution in [0.4, 0.5) is 0 Å². The molecule has 0 radical (unpaired) electrons. The molecule has 0 amide bonds. The maximum absolute atomic E-state index is 11.8. The van der Waals surface area contributed by atoms with E-state index in [1.165, 1.54) is 17.7 Å². The Morgan fingerprint density at radius 3 is 3.14 bits per heavy atom. The smallest absolute Gasteiger partial charge is 0.179 e. The van der Waals surface area contributed by atoms with Gasteiger partial charge in [0.2, 0.25) is 0 Å². The Kier molecular flexibility index (Phi) is 1.61. The van der Waals surface area contributed by atoms with Crippen molar-refractivity contribution in [3.05, 3.63) is 23.0 Å². The molecule has 0 N–H and O–H groups in total. The number of ketones is 1. The molecule has 3 rings (SSSR count). The highest BCUT2D eigenvalue weighted by Crippen LogP contribution is 2.35. The van der Waals surface area contributed by atoms with Crippen LogP contribution in [0.15, 0.2) is 6.07 Å². The van der Waals surface area contributed by atoms with E-state index in [4.69, 9.17) is 0 Å². The zero-order valence-electron chi connectivity index (χ0n) is 8.55. The highest BCUT2D eigenvalue weighted by Gasteiger charge is 2.29. The third-order valence-corrected chi connectivity index (χ3v) is 3.63. The van der Waals surface area contributed by atoms with Gasteiger partial charge in [-0.2, -0.15) is 0 Å². The number of hydrogen-bond donors (Lipinski definition) is 0. The molecule has 2 aliphatic rings. The maximum atomic E-state index is 11.8. The summed E-state index contributed by atoms with van der Waals surface area (Å²) in [6.45, 7) is 3.30. The second kappa shape index (κ2) is 2.72. The van der Waals surface area contributed by atoms with E-state index in [0.29, 0.717) is 11.7 Å². The molecular weight excluding hydrogens is 174 g/mol. The first-order valence-corrected chi connectivity index (χ1v) is 5.53. The fraction of sp³-hybridized carbons (Fsp3) is 0.583. The van der Waals surface area contributed by atoms with Gasteiger partial charge in [0.05, 0.1) is 5.69 Å². The third-order valence-electron chi connectivity index (χ3n) is 3.63. The number of carbonyl (C=O) groups is 1. The lowest BCUT2D eigenvalue weighted by Crippen LogP contribution is -2.16. The van der Waals surface area contributed by atoms with Crippen LogP contribution in [-0.2, 0) is 13.0 Å². The van der Waals surface area contributed by atoms with E-state index in [2.05, 4.69) is 17.6 Å². The van der Waals surface area contributed by atoms with E-state index in [1.54, 1.807) is 0 Å². The summed E-state index contributed by atoms with van der Waals surface area (Å²) < 4.78 is 2.26. The molecule has 74 valence electrons. The van der Waals surface area contributed by atoms with Crippen molar-refractivity contribution in [3.8, 4) is 0 Å². The molecule has 1 aromatic rings. The van der Waals surface area contributed by atoms with Crippen molar-refractivity contribution in [1.82, 2.24) is 4.57 Å². The van der Waals surface area contributed by atoms with E-state index < -0.39 is 0 Å². The van der Waals surface area contributed by atoms with E-state index >= 15 is 0 Å². The Bertz CT molecular complexity index is 403. The molecule has 0 aromatic carbocycles. The number of aromatic nitrogens is 1. The Morgan fingerprint density at radius 1 is 1.43 bits per heavy atom. The van der Waals surface area contributed by atoms with Gasteiger partial charge in [-0.25, -0.2) is 0 Å². The number of nitrogens with zero attached hydrogens (tertiary/aromatic N) is 1. The molecule has 0 bridgehead atoms. The monoisotopic (exact) mass is 189 g/mol. The number of Topliss-reactive ketones (excluding diaryl/α,β-unsaturated/α-hetero) is 1. The Hall–Kier alpha value is -1.05. The van der Waals surface area contributed by atoms with Gasteiger partial charge in [-0.1, -0.05) is 6.92 Å². The first-order valence-electron chi connectivity index (χ1n) is 5.53. The maximum Gasteiger partial charge on any atom is 0.179 e. The van der Waals surface area contributed by atoms with Crippen LogP contribution in [0, 0.1) is 0 Å². The largest absolute Gasteiger partial charge is 0.342 e.